The zero-order valence-corrected chi connectivity index (χ0v) is 20.1. The van der Waals surface area contributed by atoms with Crippen molar-refractivity contribution in [1.82, 2.24) is 0 Å². The number of rotatable bonds is 0. The van der Waals surface area contributed by atoms with Gasteiger partial charge < -0.3 is 14.7 Å². The molecule has 1 fully saturated rings. The number of phenols is 1. The minimum absolute atomic E-state index is 0.00316. The zero-order valence-electron chi connectivity index (χ0n) is 20.1. The number of phenolic OH excluding ortho intramolecular Hbond substituents is 1. The number of anilines is 1. The molecule has 172 valence electrons. The molecule has 33 heavy (non-hydrogen) atoms. The topological polar surface area (TPSA) is 32.7 Å². The molecule has 3 aromatic rings. The molecular weight excluding hydrogens is 413 g/mol. The average Bonchev–Trinajstić information content (AvgIpc) is 2.97. The quantitative estimate of drug-likeness (QED) is 0.372. The third-order valence-electron chi connectivity index (χ3n) is 8.12. The average molecular weight is 446 g/mol. The van der Waals surface area contributed by atoms with Crippen molar-refractivity contribution >= 4 is 16.5 Å². The normalized spacial score (nSPS) is 23.7. The summed E-state index contributed by atoms with van der Waals surface area (Å²) in [5.41, 5.74) is 5.93. The molecule has 0 amide bonds. The molecule has 1 saturated carbocycles. The van der Waals surface area contributed by atoms with Gasteiger partial charge in [0.2, 0.25) is 6.30 Å². The Morgan fingerprint density at radius 2 is 1.64 bits per heavy atom. The summed E-state index contributed by atoms with van der Waals surface area (Å²) < 4.78 is 20.2. The van der Waals surface area contributed by atoms with E-state index in [-0.39, 0.29) is 28.6 Å². The number of fused-ring (bicyclic) bond motifs is 8. The van der Waals surface area contributed by atoms with Crippen LogP contribution in [0.5, 0.6) is 11.5 Å². The number of nitrogens with zero attached hydrogens (tertiary/aromatic N) is 1. The van der Waals surface area contributed by atoms with Crippen LogP contribution >= 0.6 is 0 Å². The van der Waals surface area contributed by atoms with Crippen LogP contribution in [0.25, 0.3) is 21.9 Å². The van der Waals surface area contributed by atoms with E-state index in [1.807, 2.05) is 18.2 Å². The van der Waals surface area contributed by atoms with E-state index in [1.165, 1.54) is 28.7 Å². The maximum absolute atomic E-state index is 14.5. The van der Waals surface area contributed by atoms with Crippen molar-refractivity contribution in [2.24, 2.45) is 10.8 Å². The van der Waals surface area contributed by atoms with E-state index in [4.69, 9.17) is 4.74 Å². The number of ether oxygens (including phenoxy) is 1. The summed E-state index contributed by atoms with van der Waals surface area (Å²) in [5, 5.41) is 13.0. The van der Waals surface area contributed by atoms with Crippen molar-refractivity contribution in [3.8, 4) is 22.6 Å². The SMILES string of the molecule is CN1c2cc3c4c(cc(O)c3cc2OCC1F)C1(CC(C)(C)CC(C)(C)C1)c1ccccc1-4. The Balaban J connectivity index is 1.70. The Labute approximate surface area is 195 Å². The molecule has 1 heterocycles. The number of alkyl halides is 1. The van der Waals surface area contributed by atoms with Gasteiger partial charge in [-0.15, -0.1) is 0 Å². The lowest BCUT2D eigenvalue weighted by Gasteiger charge is -2.51. The molecule has 0 bridgehead atoms. The van der Waals surface area contributed by atoms with Crippen LogP contribution in [0.4, 0.5) is 10.1 Å². The Hall–Kier alpha value is -2.75. The van der Waals surface area contributed by atoms with Crippen LogP contribution < -0.4 is 9.64 Å². The van der Waals surface area contributed by atoms with Crippen molar-refractivity contribution in [3.05, 3.63) is 53.6 Å². The van der Waals surface area contributed by atoms with Gasteiger partial charge in [-0.3, -0.25) is 0 Å². The van der Waals surface area contributed by atoms with Gasteiger partial charge in [0.25, 0.3) is 0 Å². The lowest BCUT2D eigenvalue weighted by molar-refractivity contribution is 0.0645. The summed E-state index contributed by atoms with van der Waals surface area (Å²) >= 11 is 0. The molecule has 6 rings (SSSR count). The highest BCUT2D eigenvalue weighted by Gasteiger charge is 2.53. The zero-order chi connectivity index (χ0) is 23.3. The highest BCUT2D eigenvalue weighted by Crippen LogP contribution is 2.65. The molecule has 1 unspecified atom stereocenters. The molecule has 1 spiro atoms. The number of likely N-dealkylation sites (N-methyl/N-ethyl adjacent to an activating group) is 1. The molecule has 3 nitrogen and oxygen atoms in total. The Kier molecular flexibility index (Phi) is 4.06. The summed E-state index contributed by atoms with van der Waals surface area (Å²) in [7, 11) is 1.77. The highest BCUT2D eigenvalue weighted by atomic mass is 19.1. The Morgan fingerprint density at radius 1 is 0.939 bits per heavy atom. The van der Waals surface area contributed by atoms with Crippen LogP contribution in [0.2, 0.25) is 0 Å². The number of aromatic hydroxyl groups is 1. The van der Waals surface area contributed by atoms with Gasteiger partial charge in [0, 0.05) is 17.8 Å². The summed E-state index contributed by atoms with van der Waals surface area (Å²) in [6, 6.07) is 14.6. The minimum atomic E-state index is -1.18. The van der Waals surface area contributed by atoms with Crippen molar-refractivity contribution in [3.63, 3.8) is 0 Å². The van der Waals surface area contributed by atoms with E-state index in [1.54, 1.807) is 11.9 Å². The van der Waals surface area contributed by atoms with Gasteiger partial charge >= 0.3 is 0 Å². The van der Waals surface area contributed by atoms with Crippen LogP contribution in [0.3, 0.4) is 0 Å². The van der Waals surface area contributed by atoms with Gasteiger partial charge in [-0.25, -0.2) is 4.39 Å². The molecule has 4 heteroatoms. The first-order valence-electron chi connectivity index (χ1n) is 12.0. The first kappa shape index (κ1) is 20.8. The molecule has 0 radical (unpaired) electrons. The second kappa shape index (κ2) is 6.43. The predicted octanol–water partition coefficient (Wildman–Crippen LogP) is 7.17. The number of benzene rings is 3. The van der Waals surface area contributed by atoms with Gasteiger partial charge in [-0.2, -0.15) is 0 Å². The molecule has 1 aliphatic heterocycles. The van der Waals surface area contributed by atoms with E-state index in [0.717, 1.165) is 29.3 Å². The maximum atomic E-state index is 14.5. The lowest BCUT2D eigenvalue weighted by atomic mass is 9.52. The summed E-state index contributed by atoms with van der Waals surface area (Å²) in [6.45, 7) is 9.50. The van der Waals surface area contributed by atoms with Crippen molar-refractivity contribution in [2.75, 3.05) is 18.6 Å². The smallest absolute Gasteiger partial charge is 0.206 e. The number of halogens is 1. The predicted molar refractivity (Wildman–Crippen MR) is 132 cm³/mol. The van der Waals surface area contributed by atoms with E-state index < -0.39 is 6.30 Å². The third-order valence-corrected chi connectivity index (χ3v) is 8.12. The third kappa shape index (κ3) is 2.85. The fourth-order valence-corrected chi connectivity index (χ4v) is 7.66. The van der Waals surface area contributed by atoms with Gasteiger partial charge in [-0.05, 0) is 75.9 Å². The molecule has 1 N–H and O–H groups in total. The fourth-order valence-electron chi connectivity index (χ4n) is 7.66. The maximum Gasteiger partial charge on any atom is 0.206 e. The monoisotopic (exact) mass is 445 g/mol. The number of hydrogen-bond donors (Lipinski definition) is 1. The molecule has 3 aliphatic rings. The fraction of sp³-hybridized carbons (Fsp3) is 0.448. The Morgan fingerprint density at radius 3 is 2.36 bits per heavy atom. The summed E-state index contributed by atoms with van der Waals surface area (Å²) in [6.07, 6.45) is 2.07. The molecular formula is C29H32FNO2. The van der Waals surface area contributed by atoms with E-state index in [0.29, 0.717) is 5.75 Å². The van der Waals surface area contributed by atoms with Crippen molar-refractivity contribution in [2.45, 2.75) is 58.7 Å². The van der Waals surface area contributed by atoms with E-state index in [2.05, 4.69) is 52.0 Å². The molecule has 0 saturated heterocycles. The summed E-state index contributed by atoms with van der Waals surface area (Å²) in [4.78, 5) is 1.64. The largest absolute Gasteiger partial charge is 0.507 e. The molecule has 2 aliphatic carbocycles. The van der Waals surface area contributed by atoms with Gasteiger partial charge in [-0.1, -0.05) is 52.0 Å². The summed E-state index contributed by atoms with van der Waals surface area (Å²) in [5.74, 6) is 0.892. The van der Waals surface area contributed by atoms with Crippen LogP contribution in [0.1, 0.15) is 58.1 Å². The van der Waals surface area contributed by atoms with Crippen LogP contribution in [-0.2, 0) is 5.41 Å². The lowest BCUT2D eigenvalue weighted by Crippen LogP contribution is -2.43. The minimum Gasteiger partial charge on any atom is -0.507 e. The second-order valence-electron chi connectivity index (χ2n) is 12.0. The highest BCUT2D eigenvalue weighted by molar-refractivity contribution is 6.07. The van der Waals surface area contributed by atoms with Crippen LogP contribution in [0.15, 0.2) is 42.5 Å². The molecule has 1 atom stereocenters. The number of hydrogen-bond acceptors (Lipinski definition) is 3. The molecule has 0 aromatic heterocycles. The second-order valence-corrected chi connectivity index (χ2v) is 12.0. The van der Waals surface area contributed by atoms with Crippen molar-refractivity contribution in [1.29, 1.82) is 0 Å². The van der Waals surface area contributed by atoms with Crippen LogP contribution in [-0.4, -0.2) is 25.1 Å². The van der Waals surface area contributed by atoms with Gasteiger partial charge in [0.1, 0.15) is 18.1 Å². The van der Waals surface area contributed by atoms with Crippen LogP contribution in [0, 0.1) is 10.8 Å². The Bertz CT molecular complexity index is 1290. The van der Waals surface area contributed by atoms with E-state index >= 15 is 0 Å². The standard InChI is InChI=1S/C29H32FNO2/c1-27(2)14-28(3,4)16-29(15-27)20-9-7-6-8-17(20)26-19-10-22-24(33-13-25(30)31(22)5)11-18(19)23(32)12-21(26)29/h6-12,25,32H,13-16H2,1-5H3. The van der Waals surface area contributed by atoms with Crippen molar-refractivity contribution < 1.29 is 14.2 Å². The van der Waals surface area contributed by atoms with E-state index in [9.17, 15) is 9.50 Å². The molecule has 3 aromatic carbocycles. The van der Waals surface area contributed by atoms with Gasteiger partial charge in [0.05, 0.1) is 5.69 Å². The first-order valence-corrected chi connectivity index (χ1v) is 12.0. The van der Waals surface area contributed by atoms with Gasteiger partial charge in [0.15, 0.2) is 0 Å². The first-order chi connectivity index (χ1) is 15.5.